The fourth-order valence-corrected chi connectivity index (χ4v) is 4.97. The van der Waals surface area contributed by atoms with Gasteiger partial charge in [0.05, 0.1) is 35.1 Å². The molecule has 1 saturated heterocycles. The van der Waals surface area contributed by atoms with Gasteiger partial charge < -0.3 is 9.64 Å². The number of carbonyl (C=O) groups is 2. The van der Waals surface area contributed by atoms with Crippen molar-refractivity contribution < 1.29 is 27.1 Å². The van der Waals surface area contributed by atoms with Gasteiger partial charge in [0.15, 0.2) is 0 Å². The van der Waals surface area contributed by atoms with E-state index in [1.54, 1.807) is 11.8 Å². The molecule has 1 amide bonds. The minimum Gasteiger partial charge on any atom is -0.462 e. The number of anilines is 1. The minimum absolute atomic E-state index is 0.0549. The molecule has 12 heteroatoms. The molecule has 1 aromatic heterocycles. The molecule has 0 spiro atoms. The number of rotatable bonds is 8. The third-order valence-electron chi connectivity index (χ3n) is 5.20. The van der Waals surface area contributed by atoms with Gasteiger partial charge in [0.2, 0.25) is 15.9 Å². The smallest absolute Gasteiger partial charge is 0.340 e. The summed E-state index contributed by atoms with van der Waals surface area (Å²) in [5, 5.41) is 9.48. The van der Waals surface area contributed by atoms with Crippen LogP contribution >= 0.6 is 11.6 Å². The van der Waals surface area contributed by atoms with Gasteiger partial charge in [0.25, 0.3) is 0 Å². The molecule has 180 valence electrons. The van der Waals surface area contributed by atoms with Gasteiger partial charge in [0.1, 0.15) is 17.7 Å². The molecule has 3 rings (SSSR count). The number of nitrogens with one attached hydrogen (secondary N) is 1. The molecule has 0 atom stereocenters. The summed E-state index contributed by atoms with van der Waals surface area (Å²) < 4.78 is 45.0. The van der Waals surface area contributed by atoms with Crippen LogP contribution in [-0.2, 0) is 31.7 Å². The quantitative estimate of drug-likeness (QED) is 0.538. The Morgan fingerprint density at radius 2 is 2.03 bits per heavy atom. The van der Waals surface area contributed by atoms with Crippen molar-refractivity contribution in [3.05, 3.63) is 57.5 Å². The molecule has 34 heavy (non-hydrogen) atoms. The number of hydrogen-bond acceptors (Lipinski definition) is 8. The monoisotopic (exact) mass is 508 g/mol. The number of amides is 1. The molecule has 1 aliphatic heterocycles. The third kappa shape index (κ3) is 5.63. The van der Waals surface area contributed by atoms with E-state index < -0.39 is 39.4 Å². The van der Waals surface area contributed by atoms with Crippen LogP contribution in [0.4, 0.5) is 10.2 Å². The number of nitriles is 1. The van der Waals surface area contributed by atoms with Gasteiger partial charge in [-0.3, -0.25) is 9.52 Å². The van der Waals surface area contributed by atoms with Gasteiger partial charge in [-0.15, -0.1) is 0 Å². The summed E-state index contributed by atoms with van der Waals surface area (Å²) in [7, 11) is -4.06. The molecule has 0 aliphatic carbocycles. The van der Waals surface area contributed by atoms with Crippen LogP contribution in [0.1, 0.15) is 41.0 Å². The first kappa shape index (κ1) is 25.4. The van der Waals surface area contributed by atoms with Crippen LogP contribution in [0.25, 0.3) is 0 Å². The summed E-state index contributed by atoms with van der Waals surface area (Å²) in [6, 6.07) is 6.75. The lowest BCUT2D eigenvalue weighted by Crippen LogP contribution is -2.55. The standard InChI is InChI=1S/C22H22ClFN4O5S/c1-3-19-17(22(30)33-4-2)7-14(9-25)20(26-19)28-10-15(11-28)21(29)27-34(31,32)12-13-5-6-16(24)8-18(13)23/h5-8,15H,3-4,10-12H2,1-2H3,(H,27,29). The normalized spacial score (nSPS) is 13.7. The first-order valence-corrected chi connectivity index (χ1v) is 12.5. The van der Waals surface area contributed by atoms with E-state index in [0.29, 0.717) is 17.9 Å². The van der Waals surface area contributed by atoms with E-state index in [4.69, 9.17) is 16.3 Å². The third-order valence-corrected chi connectivity index (χ3v) is 6.76. The lowest BCUT2D eigenvalue weighted by Gasteiger charge is -2.39. The number of aromatic nitrogens is 1. The molecule has 0 bridgehead atoms. The summed E-state index contributed by atoms with van der Waals surface area (Å²) in [4.78, 5) is 30.8. The Morgan fingerprint density at radius 1 is 1.32 bits per heavy atom. The molecule has 2 aromatic rings. The zero-order chi connectivity index (χ0) is 25.0. The van der Waals surface area contributed by atoms with Crippen molar-refractivity contribution >= 4 is 39.3 Å². The maximum absolute atomic E-state index is 13.2. The first-order valence-electron chi connectivity index (χ1n) is 10.4. The van der Waals surface area contributed by atoms with Crippen LogP contribution in [0.2, 0.25) is 5.02 Å². The highest BCUT2D eigenvalue weighted by Gasteiger charge is 2.37. The molecule has 1 aliphatic rings. The predicted octanol–water partition coefficient (Wildman–Crippen LogP) is 2.57. The van der Waals surface area contributed by atoms with Gasteiger partial charge in [-0.1, -0.05) is 24.6 Å². The molecule has 1 N–H and O–H groups in total. The van der Waals surface area contributed by atoms with Gasteiger partial charge >= 0.3 is 5.97 Å². The Hall–Kier alpha value is -3.23. The number of pyridine rings is 1. The summed E-state index contributed by atoms with van der Waals surface area (Å²) in [5.74, 6) is -2.78. The number of benzene rings is 1. The van der Waals surface area contributed by atoms with Crippen molar-refractivity contribution in [3.63, 3.8) is 0 Å². The van der Waals surface area contributed by atoms with Crippen molar-refractivity contribution in [2.45, 2.75) is 26.0 Å². The Balaban J connectivity index is 1.69. The fourth-order valence-electron chi connectivity index (χ4n) is 3.45. The number of carbonyl (C=O) groups excluding carboxylic acids is 2. The highest BCUT2D eigenvalue weighted by atomic mass is 35.5. The molecule has 0 unspecified atom stereocenters. The number of halogens is 2. The second kappa shape index (κ2) is 10.4. The van der Waals surface area contributed by atoms with E-state index in [1.165, 1.54) is 12.1 Å². The van der Waals surface area contributed by atoms with Crippen molar-refractivity contribution in [1.82, 2.24) is 9.71 Å². The van der Waals surface area contributed by atoms with Gasteiger partial charge in [0, 0.05) is 18.1 Å². The average Bonchev–Trinajstić information content (AvgIpc) is 2.74. The number of nitrogens with zero attached hydrogens (tertiary/aromatic N) is 3. The SMILES string of the molecule is CCOC(=O)c1cc(C#N)c(N2CC(C(=O)NS(=O)(=O)Cc3ccc(F)cc3Cl)C2)nc1CC. The van der Waals surface area contributed by atoms with E-state index in [-0.39, 0.29) is 41.4 Å². The zero-order valence-corrected chi connectivity index (χ0v) is 20.0. The highest BCUT2D eigenvalue weighted by Crippen LogP contribution is 2.29. The molecule has 0 saturated carbocycles. The largest absolute Gasteiger partial charge is 0.462 e. The first-order chi connectivity index (χ1) is 16.1. The maximum Gasteiger partial charge on any atom is 0.340 e. The number of aryl methyl sites for hydroxylation is 1. The average molecular weight is 509 g/mol. The van der Waals surface area contributed by atoms with E-state index in [0.717, 1.165) is 12.1 Å². The Labute approximate surface area is 201 Å². The second-order valence-electron chi connectivity index (χ2n) is 7.60. The summed E-state index contributed by atoms with van der Waals surface area (Å²) in [6.07, 6.45) is 0.425. The number of ether oxygens (including phenoxy) is 1. The number of hydrogen-bond donors (Lipinski definition) is 1. The summed E-state index contributed by atoms with van der Waals surface area (Å²) >= 11 is 5.88. The van der Waals surface area contributed by atoms with Crippen LogP contribution in [-0.4, -0.2) is 45.0 Å². The lowest BCUT2D eigenvalue weighted by atomic mass is 9.98. The Morgan fingerprint density at radius 3 is 2.62 bits per heavy atom. The Kier molecular flexibility index (Phi) is 7.74. The second-order valence-corrected chi connectivity index (χ2v) is 9.73. The van der Waals surface area contributed by atoms with Crippen LogP contribution in [0.15, 0.2) is 24.3 Å². The molecule has 2 heterocycles. The van der Waals surface area contributed by atoms with Gasteiger partial charge in [-0.2, -0.15) is 5.26 Å². The van der Waals surface area contributed by atoms with E-state index in [2.05, 4.69) is 4.98 Å². The van der Waals surface area contributed by atoms with E-state index >= 15 is 0 Å². The Bertz CT molecular complexity index is 1270. The lowest BCUT2D eigenvalue weighted by molar-refractivity contribution is -0.123. The van der Waals surface area contributed by atoms with Crippen molar-refractivity contribution in [2.24, 2.45) is 5.92 Å². The zero-order valence-electron chi connectivity index (χ0n) is 18.5. The molecule has 1 fully saturated rings. The highest BCUT2D eigenvalue weighted by molar-refractivity contribution is 7.89. The predicted molar refractivity (Wildman–Crippen MR) is 122 cm³/mol. The van der Waals surface area contributed by atoms with Crippen molar-refractivity contribution in [2.75, 3.05) is 24.6 Å². The van der Waals surface area contributed by atoms with Crippen molar-refractivity contribution in [3.8, 4) is 6.07 Å². The van der Waals surface area contributed by atoms with Crippen LogP contribution in [0.5, 0.6) is 0 Å². The fraction of sp³-hybridized carbons (Fsp3) is 0.364. The van der Waals surface area contributed by atoms with Crippen LogP contribution in [0.3, 0.4) is 0 Å². The molecule has 1 aromatic carbocycles. The molecular weight excluding hydrogens is 487 g/mol. The van der Waals surface area contributed by atoms with E-state index in [1.807, 2.05) is 17.7 Å². The topological polar surface area (TPSA) is 129 Å². The van der Waals surface area contributed by atoms with Crippen molar-refractivity contribution in [1.29, 1.82) is 5.26 Å². The van der Waals surface area contributed by atoms with Crippen LogP contribution in [0, 0.1) is 23.1 Å². The summed E-state index contributed by atoms with van der Waals surface area (Å²) in [6.45, 7) is 3.96. The number of sulfonamides is 1. The van der Waals surface area contributed by atoms with Gasteiger partial charge in [-0.05, 0) is 37.1 Å². The maximum atomic E-state index is 13.2. The van der Waals surface area contributed by atoms with E-state index in [9.17, 15) is 27.7 Å². The van der Waals surface area contributed by atoms with Crippen LogP contribution < -0.4 is 9.62 Å². The molecule has 9 nitrogen and oxygen atoms in total. The molecule has 0 radical (unpaired) electrons. The molecular formula is C22H22ClFN4O5S. The number of esters is 1. The minimum atomic E-state index is -4.06. The van der Waals surface area contributed by atoms with Gasteiger partial charge in [-0.25, -0.2) is 22.6 Å². The summed E-state index contributed by atoms with van der Waals surface area (Å²) in [5.41, 5.74) is 0.983.